The van der Waals surface area contributed by atoms with Crippen LogP contribution < -0.4 is 16.6 Å². The predicted octanol–water partition coefficient (Wildman–Crippen LogP) is 1.90. The third-order valence-corrected chi connectivity index (χ3v) is 4.76. The highest BCUT2D eigenvalue weighted by molar-refractivity contribution is 6.23. The van der Waals surface area contributed by atoms with Crippen LogP contribution in [0.5, 0.6) is 0 Å². The van der Waals surface area contributed by atoms with E-state index in [1.54, 1.807) is 24.3 Å². The van der Waals surface area contributed by atoms with Gasteiger partial charge in [-0.2, -0.15) is 0 Å². The summed E-state index contributed by atoms with van der Waals surface area (Å²) in [6.07, 6.45) is 0. The number of hydrogen-bond donors (Lipinski definition) is 2. The van der Waals surface area contributed by atoms with E-state index in [9.17, 15) is 23.6 Å². The van der Waals surface area contributed by atoms with Crippen molar-refractivity contribution in [2.45, 2.75) is 0 Å². The van der Waals surface area contributed by atoms with Crippen molar-refractivity contribution in [1.82, 2.24) is 9.88 Å². The number of nitrogens with one attached hydrogen (secondary N) is 1. The number of esters is 1. The average molecular weight is 407 g/mol. The number of methoxy groups -OCH3 is 1. The van der Waals surface area contributed by atoms with Gasteiger partial charge in [-0.25, -0.2) is 9.18 Å². The average Bonchev–Trinajstić information content (AvgIpc) is 3.01. The number of amides is 2. The van der Waals surface area contributed by atoms with Crippen LogP contribution in [0.1, 0.15) is 31.1 Å². The third kappa shape index (κ3) is 2.93. The second-order valence-corrected chi connectivity index (χ2v) is 6.51. The predicted molar refractivity (Wildman–Crippen MR) is 105 cm³/mol. The van der Waals surface area contributed by atoms with E-state index in [4.69, 9.17) is 5.73 Å². The van der Waals surface area contributed by atoms with Crippen LogP contribution in [0.15, 0.2) is 53.3 Å². The number of carbonyl (C=O) groups excluding carboxylic acids is 3. The fourth-order valence-electron chi connectivity index (χ4n) is 3.34. The van der Waals surface area contributed by atoms with Crippen molar-refractivity contribution in [3.63, 3.8) is 0 Å². The molecular formula is C21H14FN3O5. The fraction of sp³-hybridized carbons (Fsp3) is 0.0476. The summed E-state index contributed by atoms with van der Waals surface area (Å²) in [4.78, 5) is 48.2. The molecule has 0 unspecified atom stereocenters. The standard InChI is InChI=1S/C21H14FN3O5/c1-30-21(29)13-8-11(5-6-15(13)22)10-3-2-4-12(7-10)25-16(26)9-14-17(18(25)23)20(28)24-19(14)27/h2-9H,23H2,1H3,(H,24,27,28). The number of ether oxygens (including phenoxy) is 1. The molecule has 4 rings (SSSR count). The highest BCUT2D eigenvalue weighted by Crippen LogP contribution is 2.27. The van der Waals surface area contributed by atoms with Crippen LogP contribution in [0, 0.1) is 5.82 Å². The van der Waals surface area contributed by atoms with Crippen molar-refractivity contribution in [2.75, 3.05) is 12.8 Å². The number of carbonyl (C=O) groups is 3. The molecule has 3 N–H and O–H groups in total. The van der Waals surface area contributed by atoms with E-state index >= 15 is 0 Å². The van der Waals surface area contributed by atoms with Crippen LogP contribution in [-0.4, -0.2) is 29.5 Å². The molecule has 2 aromatic carbocycles. The highest BCUT2D eigenvalue weighted by atomic mass is 19.1. The van der Waals surface area contributed by atoms with Crippen LogP contribution >= 0.6 is 0 Å². The second kappa shape index (κ2) is 6.96. The first-order valence-corrected chi connectivity index (χ1v) is 8.71. The molecule has 30 heavy (non-hydrogen) atoms. The number of imide groups is 1. The smallest absolute Gasteiger partial charge is 0.340 e. The summed E-state index contributed by atoms with van der Waals surface area (Å²) in [6.45, 7) is 0. The van der Waals surface area contributed by atoms with Crippen LogP contribution in [0.2, 0.25) is 0 Å². The van der Waals surface area contributed by atoms with Gasteiger partial charge in [-0.1, -0.05) is 18.2 Å². The first-order chi connectivity index (χ1) is 14.3. The van der Waals surface area contributed by atoms with E-state index in [0.29, 0.717) is 16.8 Å². The molecule has 1 aliphatic rings. The summed E-state index contributed by atoms with van der Waals surface area (Å²) < 4.78 is 19.6. The molecule has 0 bridgehead atoms. The molecule has 0 aliphatic carbocycles. The Morgan fingerprint density at radius 3 is 2.50 bits per heavy atom. The number of hydrogen-bond acceptors (Lipinski definition) is 6. The van der Waals surface area contributed by atoms with Gasteiger partial charge in [0.1, 0.15) is 11.6 Å². The Labute approximate surface area is 168 Å². The number of rotatable bonds is 3. The van der Waals surface area contributed by atoms with E-state index in [1.165, 1.54) is 12.1 Å². The second-order valence-electron chi connectivity index (χ2n) is 6.51. The van der Waals surface area contributed by atoms with Crippen molar-refractivity contribution < 1.29 is 23.5 Å². The first-order valence-electron chi connectivity index (χ1n) is 8.71. The molecule has 2 heterocycles. The Balaban J connectivity index is 1.86. The first kappa shape index (κ1) is 19.1. The van der Waals surface area contributed by atoms with Crippen LogP contribution in [-0.2, 0) is 4.74 Å². The number of nitrogens with zero attached hydrogens (tertiary/aromatic N) is 1. The lowest BCUT2D eigenvalue weighted by molar-refractivity contribution is 0.0595. The molecule has 8 nitrogen and oxygen atoms in total. The van der Waals surface area contributed by atoms with Crippen molar-refractivity contribution in [2.24, 2.45) is 0 Å². The molecule has 1 aromatic heterocycles. The molecule has 0 atom stereocenters. The summed E-state index contributed by atoms with van der Waals surface area (Å²) in [5.41, 5.74) is 6.47. The zero-order valence-corrected chi connectivity index (χ0v) is 15.6. The summed E-state index contributed by atoms with van der Waals surface area (Å²) in [6, 6.07) is 11.5. The largest absolute Gasteiger partial charge is 0.465 e. The van der Waals surface area contributed by atoms with E-state index in [2.05, 4.69) is 10.1 Å². The molecule has 2 amide bonds. The fourth-order valence-corrected chi connectivity index (χ4v) is 3.34. The highest BCUT2D eigenvalue weighted by Gasteiger charge is 2.31. The summed E-state index contributed by atoms with van der Waals surface area (Å²) in [5.74, 6) is -3.08. The summed E-state index contributed by atoms with van der Waals surface area (Å²) in [5, 5.41) is 2.10. The number of fused-ring (bicyclic) bond motifs is 1. The lowest BCUT2D eigenvalue weighted by atomic mass is 10.0. The molecule has 9 heteroatoms. The zero-order valence-electron chi connectivity index (χ0n) is 15.6. The van der Waals surface area contributed by atoms with Gasteiger partial charge in [0.05, 0.1) is 29.5 Å². The molecular weight excluding hydrogens is 393 g/mol. The van der Waals surface area contributed by atoms with Gasteiger partial charge in [-0.3, -0.25) is 24.3 Å². The molecule has 0 saturated carbocycles. The van der Waals surface area contributed by atoms with E-state index < -0.39 is 29.2 Å². The Bertz CT molecular complexity index is 1310. The van der Waals surface area contributed by atoms with Crippen LogP contribution in [0.4, 0.5) is 10.2 Å². The van der Waals surface area contributed by atoms with E-state index in [0.717, 1.165) is 23.8 Å². The summed E-state index contributed by atoms with van der Waals surface area (Å²) in [7, 11) is 1.15. The minimum Gasteiger partial charge on any atom is -0.465 e. The molecule has 150 valence electrons. The van der Waals surface area contributed by atoms with Crippen LogP contribution in [0.3, 0.4) is 0 Å². The zero-order chi connectivity index (χ0) is 21.6. The number of benzene rings is 2. The normalized spacial score (nSPS) is 12.5. The maximum absolute atomic E-state index is 13.9. The van der Waals surface area contributed by atoms with Crippen molar-refractivity contribution in [3.8, 4) is 16.8 Å². The Hall–Kier alpha value is -4.27. The SMILES string of the molecule is COC(=O)c1cc(-c2cccc(-n3c(N)c4c(cc3=O)C(=O)NC4=O)c2)ccc1F. The number of nitrogens with two attached hydrogens (primary N) is 1. The quantitative estimate of drug-likeness (QED) is 0.505. The Morgan fingerprint density at radius 1 is 1.03 bits per heavy atom. The molecule has 0 fully saturated rings. The van der Waals surface area contributed by atoms with E-state index in [-0.39, 0.29) is 22.5 Å². The van der Waals surface area contributed by atoms with Crippen LogP contribution in [0.25, 0.3) is 16.8 Å². The minimum atomic E-state index is -0.819. The van der Waals surface area contributed by atoms with Gasteiger partial charge in [-0.15, -0.1) is 0 Å². The molecule has 3 aromatic rings. The Kier molecular flexibility index (Phi) is 4.42. The topological polar surface area (TPSA) is 120 Å². The van der Waals surface area contributed by atoms with Gasteiger partial charge < -0.3 is 10.5 Å². The number of pyridine rings is 1. The van der Waals surface area contributed by atoms with Gasteiger partial charge >= 0.3 is 5.97 Å². The van der Waals surface area contributed by atoms with Gasteiger partial charge in [0, 0.05) is 6.07 Å². The maximum Gasteiger partial charge on any atom is 0.340 e. The third-order valence-electron chi connectivity index (χ3n) is 4.76. The maximum atomic E-state index is 13.9. The van der Waals surface area contributed by atoms with Gasteiger partial charge in [0.2, 0.25) is 0 Å². The summed E-state index contributed by atoms with van der Waals surface area (Å²) >= 11 is 0. The molecule has 0 radical (unpaired) electrons. The molecule has 1 aliphatic heterocycles. The van der Waals surface area contributed by atoms with Gasteiger partial charge in [-0.05, 0) is 35.4 Å². The Morgan fingerprint density at radius 2 is 1.77 bits per heavy atom. The number of nitrogen functional groups attached to an aromatic ring is 1. The number of halogens is 1. The number of anilines is 1. The monoisotopic (exact) mass is 407 g/mol. The van der Waals surface area contributed by atoms with Crippen molar-refractivity contribution in [1.29, 1.82) is 0 Å². The van der Waals surface area contributed by atoms with Gasteiger partial charge in [0.15, 0.2) is 0 Å². The number of aromatic nitrogens is 1. The minimum absolute atomic E-state index is 0.0697. The van der Waals surface area contributed by atoms with E-state index in [1.807, 2.05) is 0 Å². The van der Waals surface area contributed by atoms with Crippen molar-refractivity contribution >= 4 is 23.6 Å². The van der Waals surface area contributed by atoms with Crippen molar-refractivity contribution in [3.05, 3.63) is 81.4 Å². The lowest BCUT2D eigenvalue weighted by Gasteiger charge is -2.13. The molecule has 0 spiro atoms. The van der Waals surface area contributed by atoms with Gasteiger partial charge in [0.25, 0.3) is 17.4 Å². The molecule has 0 saturated heterocycles. The lowest BCUT2D eigenvalue weighted by Crippen LogP contribution is -2.24.